The summed E-state index contributed by atoms with van der Waals surface area (Å²) in [6.07, 6.45) is 0.0628. The Balaban J connectivity index is 1.63. The van der Waals surface area contributed by atoms with Crippen LogP contribution in [0.5, 0.6) is 11.5 Å². The van der Waals surface area contributed by atoms with Crippen molar-refractivity contribution in [3.8, 4) is 11.5 Å². The van der Waals surface area contributed by atoms with Crippen molar-refractivity contribution in [3.63, 3.8) is 0 Å². The molecule has 0 bridgehead atoms. The smallest absolute Gasteiger partial charge is 0.252 e. The Morgan fingerprint density at radius 2 is 1.84 bits per heavy atom. The number of hydrogen-bond acceptors (Lipinski definition) is 6. The van der Waals surface area contributed by atoms with E-state index in [1.54, 1.807) is 48.4 Å². The molecule has 1 amide bonds. The second kappa shape index (κ2) is 9.13. The second-order valence-electron chi connectivity index (χ2n) is 7.42. The lowest BCUT2D eigenvalue weighted by Crippen LogP contribution is -2.37. The Bertz CT molecular complexity index is 1200. The molecule has 2 heterocycles. The molecule has 2 aliphatic rings. The summed E-state index contributed by atoms with van der Waals surface area (Å²) in [5, 5.41) is 0.983. The van der Waals surface area contributed by atoms with Crippen molar-refractivity contribution < 1.29 is 22.7 Å². The lowest BCUT2D eigenvalue weighted by Gasteiger charge is -2.24. The van der Waals surface area contributed by atoms with E-state index < -0.39 is 9.84 Å². The second-order valence-corrected chi connectivity index (χ2v) is 11.6. The van der Waals surface area contributed by atoms with Crippen molar-refractivity contribution in [2.75, 3.05) is 30.6 Å². The van der Waals surface area contributed by atoms with Gasteiger partial charge in [0, 0.05) is 10.9 Å². The van der Waals surface area contributed by atoms with Gasteiger partial charge in [-0.1, -0.05) is 41.0 Å². The highest BCUT2D eigenvalue weighted by Gasteiger charge is 2.49. The fourth-order valence-electron chi connectivity index (χ4n) is 3.81. The first-order valence-corrected chi connectivity index (χ1v) is 13.1. The minimum Gasteiger partial charge on any atom is -0.493 e. The molecule has 0 aromatic heterocycles. The Labute approximate surface area is 200 Å². The Hall–Kier alpha value is -1.94. The van der Waals surface area contributed by atoms with E-state index in [0.717, 1.165) is 5.56 Å². The third-order valence-electron chi connectivity index (χ3n) is 5.27. The van der Waals surface area contributed by atoms with Gasteiger partial charge in [-0.3, -0.25) is 4.79 Å². The number of amides is 1. The van der Waals surface area contributed by atoms with Gasteiger partial charge >= 0.3 is 0 Å². The van der Waals surface area contributed by atoms with Crippen molar-refractivity contribution in [2.45, 2.75) is 17.7 Å². The van der Waals surface area contributed by atoms with Crippen LogP contribution in [0.4, 0.5) is 5.69 Å². The number of sulfone groups is 1. The van der Waals surface area contributed by atoms with E-state index in [4.69, 9.17) is 32.7 Å². The maximum atomic E-state index is 12.8. The van der Waals surface area contributed by atoms with E-state index in [9.17, 15) is 13.2 Å². The van der Waals surface area contributed by atoms with Crippen LogP contribution < -0.4 is 14.4 Å². The molecule has 2 saturated heterocycles. The molecule has 4 rings (SSSR count). The number of hydrogen-bond donors (Lipinski definition) is 0. The Morgan fingerprint density at radius 3 is 2.53 bits per heavy atom. The van der Waals surface area contributed by atoms with Crippen LogP contribution >= 0.6 is 35.0 Å². The normalized spacial score (nSPS) is 22.8. The SMILES string of the molecule is COc1ccc(CC(=O)N=C2S[C@@H]3CS(=O)(=O)C[C@H]3N2c2ccc(Cl)c(Cl)c2)cc1OC. The summed E-state index contributed by atoms with van der Waals surface area (Å²) < 4.78 is 34.9. The average molecular weight is 515 g/mol. The van der Waals surface area contributed by atoms with Crippen LogP contribution in [0.3, 0.4) is 0 Å². The largest absolute Gasteiger partial charge is 0.493 e. The molecule has 2 atom stereocenters. The number of aliphatic imine (C=N–C) groups is 1. The van der Waals surface area contributed by atoms with Crippen LogP contribution in [-0.4, -0.2) is 56.5 Å². The molecule has 32 heavy (non-hydrogen) atoms. The minimum atomic E-state index is -3.17. The zero-order valence-corrected chi connectivity index (χ0v) is 20.4. The highest BCUT2D eigenvalue weighted by molar-refractivity contribution is 8.16. The molecule has 0 saturated carbocycles. The standard InChI is InChI=1S/C21H20Cl2N2O5S2/c1-29-17-6-3-12(7-18(17)30-2)8-20(26)24-21-25(13-4-5-14(22)15(23)9-13)16-10-32(27,28)11-19(16)31-21/h3-7,9,16,19H,8,10-11H2,1-2H3/t16-,19-/m1/s1. The summed E-state index contributed by atoms with van der Waals surface area (Å²) >= 11 is 13.5. The Morgan fingerprint density at radius 1 is 1.09 bits per heavy atom. The predicted octanol–water partition coefficient (Wildman–Crippen LogP) is 3.85. The van der Waals surface area contributed by atoms with Gasteiger partial charge in [-0.2, -0.15) is 4.99 Å². The maximum absolute atomic E-state index is 12.8. The van der Waals surface area contributed by atoms with E-state index in [-0.39, 0.29) is 35.1 Å². The van der Waals surface area contributed by atoms with Crippen LogP contribution in [-0.2, 0) is 21.1 Å². The number of rotatable bonds is 5. The number of anilines is 1. The lowest BCUT2D eigenvalue weighted by molar-refractivity contribution is -0.117. The third-order valence-corrected chi connectivity index (χ3v) is 9.22. The fraction of sp³-hybridized carbons (Fsp3) is 0.333. The number of amidine groups is 1. The van der Waals surface area contributed by atoms with E-state index in [2.05, 4.69) is 4.99 Å². The number of carbonyl (C=O) groups excluding carboxylic acids is 1. The molecule has 2 aromatic rings. The van der Waals surface area contributed by atoms with Gasteiger partial charge < -0.3 is 14.4 Å². The molecular formula is C21H20Cl2N2O5S2. The molecule has 11 heteroatoms. The summed E-state index contributed by atoms with van der Waals surface area (Å²) in [5.74, 6) is 0.781. The number of methoxy groups -OCH3 is 2. The molecule has 2 fully saturated rings. The van der Waals surface area contributed by atoms with E-state index in [0.29, 0.717) is 32.4 Å². The first kappa shape index (κ1) is 23.2. The van der Waals surface area contributed by atoms with Gasteiger partial charge in [-0.05, 0) is 35.9 Å². The monoisotopic (exact) mass is 514 g/mol. The van der Waals surface area contributed by atoms with Crippen molar-refractivity contribution in [1.29, 1.82) is 0 Å². The first-order chi connectivity index (χ1) is 15.2. The number of halogens is 2. The molecule has 170 valence electrons. The summed E-state index contributed by atoms with van der Waals surface area (Å²) in [6.45, 7) is 0. The quantitative estimate of drug-likeness (QED) is 0.598. The molecule has 0 aliphatic carbocycles. The van der Waals surface area contributed by atoms with Crippen LogP contribution in [0.15, 0.2) is 41.4 Å². The van der Waals surface area contributed by atoms with Gasteiger partial charge in [0.25, 0.3) is 5.91 Å². The van der Waals surface area contributed by atoms with E-state index in [1.807, 2.05) is 0 Å². The highest BCUT2D eigenvalue weighted by atomic mass is 35.5. The molecule has 0 N–H and O–H groups in total. The number of nitrogens with zero attached hydrogens (tertiary/aromatic N) is 2. The van der Waals surface area contributed by atoms with Gasteiger partial charge in [0.2, 0.25) is 0 Å². The number of ether oxygens (including phenoxy) is 2. The van der Waals surface area contributed by atoms with Crippen molar-refractivity contribution in [1.82, 2.24) is 0 Å². The molecule has 0 spiro atoms. The number of fused-ring (bicyclic) bond motifs is 1. The van der Waals surface area contributed by atoms with Gasteiger partial charge in [0.05, 0.1) is 48.2 Å². The third kappa shape index (κ3) is 4.71. The number of thioether (sulfide) groups is 1. The predicted molar refractivity (Wildman–Crippen MR) is 128 cm³/mol. The van der Waals surface area contributed by atoms with Crippen LogP contribution in [0, 0.1) is 0 Å². The zero-order valence-electron chi connectivity index (χ0n) is 17.2. The maximum Gasteiger partial charge on any atom is 0.252 e. The molecule has 7 nitrogen and oxygen atoms in total. The summed E-state index contributed by atoms with van der Waals surface area (Å²) in [4.78, 5) is 18.9. The zero-order chi connectivity index (χ0) is 23.0. The lowest BCUT2D eigenvalue weighted by atomic mass is 10.1. The summed E-state index contributed by atoms with van der Waals surface area (Å²) in [7, 11) is -0.0959. The fourth-order valence-corrected chi connectivity index (χ4v) is 8.04. The Kier molecular flexibility index (Phi) is 6.63. The van der Waals surface area contributed by atoms with Gasteiger partial charge in [-0.25, -0.2) is 8.42 Å². The summed E-state index contributed by atoms with van der Waals surface area (Å²) in [5.41, 5.74) is 1.37. The molecule has 2 aromatic carbocycles. The minimum absolute atomic E-state index is 0.00615. The van der Waals surface area contributed by atoms with Crippen molar-refractivity contribution >= 4 is 61.6 Å². The van der Waals surface area contributed by atoms with Gasteiger partial charge in [0.1, 0.15) is 0 Å². The van der Waals surface area contributed by atoms with E-state index in [1.165, 1.54) is 18.9 Å². The van der Waals surface area contributed by atoms with Crippen LogP contribution in [0.2, 0.25) is 10.0 Å². The molecule has 0 unspecified atom stereocenters. The van der Waals surface area contributed by atoms with Crippen LogP contribution in [0.25, 0.3) is 0 Å². The van der Waals surface area contributed by atoms with Crippen molar-refractivity contribution in [2.24, 2.45) is 4.99 Å². The molecule has 2 aliphatic heterocycles. The van der Waals surface area contributed by atoms with Crippen LogP contribution in [0.1, 0.15) is 5.56 Å². The first-order valence-electron chi connectivity index (χ1n) is 9.64. The summed E-state index contributed by atoms with van der Waals surface area (Å²) in [6, 6.07) is 9.97. The van der Waals surface area contributed by atoms with Gasteiger partial charge in [0.15, 0.2) is 26.5 Å². The highest BCUT2D eigenvalue weighted by Crippen LogP contribution is 2.42. The number of carbonyl (C=O) groups is 1. The average Bonchev–Trinajstić information content (AvgIpc) is 3.20. The van der Waals surface area contributed by atoms with E-state index >= 15 is 0 Å². The topological polar surface area (TPSA) is 85.3 Å². The molecular weight excluding hydrogens is 495 g/mol. The molecule has 0 radical (unpaired) electrons. The van der Waals surface area contributed by atoms with Gasteiger partial charge in [-0.15, -0.1) is 0 Å². The van der Waals surface area contributed by atoms with Crippen molar-refractivity contribution in [3.05, 3.63) is 52.0 Å². The number of benzene rings is 2.